The number of hydrogen-bond acceptors (Lipinski definition) is 5. The minimum atomic E-state index is -0.405. The Morgan fingerprint density at radius 3 is 2.43 bits per heavy atom. The molecule has 4 nitrogen and oxygen atoms in total. The van der Waals surface area contributed by atoms with Gasteiger partial charge in [0.2, 0.25) is 11.7 Å². The number of nitrogens with zero attached hydrogens (tertiary/aromatic N) is 2. The van der Waals surface area contributed by atoms with Crippen LogP contribution in [0.3, 0.4) is 0 Å². The number of thioether (sulfide) groups is 1. The van der Waals surface area contributed by atoms with E-state index >= 15 is 0 Å². The summed E-state index contributed by atoms with van der Waals surface area (Å²) < 4.78 is 5.30. The molecule has 0 aliphatic carbocycles. The monoisotopic (exact) mass is 297 g/mol. The van der Waals surface area contributed by atoms with Crippen molar-refractivity contribution in [1.82, 2.24) is 10.1 Å². The Hall–Kier alpha value is -2.11. The molecule has 0 radical (unpaired) electrons. The molecule has 5 heteroatoms. The van der Waals surface area contributed by atoms with E-state index in [2.05, 4.69) is 10.1 Å². The molecule has 1 heterocycles. The van der Waals surface area contributed by atoms with Crippen LogP contribution >= 0.6 is 11.8 Å². The largest absolute Gasteiger partial charge is 0.337 e. The third-order valence-electron chi connectivity index (χ3n) is 3.21. The number of hydrogen-bond donors (Lipinski definition) is 1. The van der Waals surface area contributed by atoms with Gasteiger partial charge in [-0.05, 0) is 36.1 Å². The summed E-state index contributed by atoms with van der Waals surface area (Å²) in [6, 6.07) is 17.3. The third kappa shape index (κ3) is 2.99. The van der Waals surface area contributed by atoms with E-state index in [1.54, 1.807) is 11.8 Å². The van der Waals surface area contributed by atoms with Gasteiger partial charge < -0.3 is 10.3 Å². The number of rotatable bonds is 4. The maximum absolute atomic E-state index is 6.15. The highest BCUT2D eigenvalue weighted by molar-refractivity contribution is 7.98. The second-order valence-corrected chi connectivity index (χ2v) is 5.45. The van der Waals surface area contributed by atoms with Gasteiger partial charge in [-0.2, -0.15) is 4.98 Å². The van der Waals surface area contributed by atoms with Gasteiger partial charge in [-0.1, -0.05) is 35.5 Å². The van der Waals surface area contributed by atoms with E-state index in [-0.39, 0.29) is 0 Å². The van der Waals surface area contributed by atoms with Crippen molar-refractivity contribution in [3.05, 3.63) is 66.1 Å². The molecule has 2 N–H and O–H groups in total. The van der Waals surface area contributed by atoms with Crippen LogP contribution in [0, 0.1) is 0 Å². The summed E-state index contributed by atoms with van der Waals surface area (Å²) in [4.78, 5) is 5.60. The molecule has 1 aromatic heterocycles. The molecule has 21 heavy (non-hydrogen) atoms. The van der Waals surface area contributed by atoms with Crippen LogP contribution in [0.2, 0.25) is 0 Å². The van der Waals surface area contributed by atoms with Crippen LogP contribution in [-0.4, -0.2) is 16.4 Å². The summed E-state index contributed by atoms with van der Waals surface area (Å²) in [6.07, 6.45) is 2.04. The smallest absolute Gasteiger partial charge is 0.248 e. The van der Waals surface area contributed by atoms with E-state index in [4.69, 9.17) is 10.3 Å². The number of benzene rings is 2. The maximum Gasteiger partial charge on any atom is 0.248 e. The average Bonchev–Trinajstić information content (AvgIpc) is 3.05. The van der Waals surface area contributed by atoms with Gasteiger partial charge in [0, 0.05) is 10.5 Å². The molecule has 0 amide bonds. The van der Waals surface area contributed by atoms with E-state index in [1.807, 2.05) is 60.9 Å². The van der Waals surface area contributed by atoms with Crippen molar-refractivity contribution < 1.29 is 4.52 Å². The van der Waals surface area contributed by atoms with E-state index in [0.717, 1.165) is 11.1 Å². The van der Waals surface area contributed by atoms with Gasteiger partial charge in [0.25, 0.3) is 0 Å². The zero-order valence-corrected chi connectivity index (χ0v) is 12.4. The first kappa shape index (κ1) is 13.9. The van der Waals surface area contributed by atoms with Gasteiger partial charge in [0.15, 0.2) is 0 Å². The van der Waals surface area contributed by atoms with E-state index in [9.17, 15) is 0 Å². The highest BCUT2D eigenvalue weighted by atomic mass is 32.2. The highest BCUT2D eigenvalue weighted by Crippen LogP contribution is 2.23. The zero-order valence-electron chi connectivity index (χ0n) is 11.6. The fourth-order valence-electron chi connectivity index (χ4n) is 2.02. The zero-order chi connectivity index (χ0) is 14.7. The van der Waals surface area contributed by atoms with Crippen LogP contribution in [0.4, 0.5) is 0 Å². The summed E-state index contributed by atoms with van der Waals surface area (Å²) in [7, 11) is 0. The van der Waals surface area contributed by atoms with Crippen molar-refractivity contribution >= 4 is 11.8 Å². The molecule has 3 aromatic rings. The Morgan fingerprint density at radius 2 is 1.76 bits per heavy atom. The SMILES string of the molecule is CSc1ccc(-c2noc([C@H](N)c3ccccc3)n2)cc1. The Balaban J connectivity index is 1.85. The summed E-state index contributed by atoms with van der Waals surface area (Å²) >= 11 is 1.70. The molecule has 0 aliphatic heterocycles. The molecular weight excluding hydrogens is 282 g/mol. The van der Waals surface area contributed by atoms with Crippen molar-refractivity contribution in [2.45, 2.75) is 10.9 Å². The van der Waals surface area contributed by atoms with Crippen LogP contribution in [-0.2, 0) is 0 Å². The Labute approximate surface area is 127 Å². The molecule has 0 aliphatic rings. The van der Waals surface area contributed by atoms with Crippen LogP contribution in [0.5, 0.6) is 0 Å². The van der Waals surface area contributed by atoms with Crippen molar-refractivity contribution in [3.8, 4) is 11.4 Å². The second kappa shape index (κ2) is 6.11. The molecule has 3 rings (SSSR count). The van der Waals surface area contributed by atoms with Crippen LogP contribution in [0.1, 0.15) is 17.5 Å². The van der Waals surface area contributed by atoms with Crippen molar-refractivity contribution in [2.24, 2.45) is 5.73 Å². The molecule has 2 aromatic carbocycles. The van der Waals surface area contributed by atoms with Crippen LogP contribution in [0.25, 0.3) is 11.4 Å². The quantitative estimate of drug-likeness (QED) is 0.747. The van der Waals surface area contributed by atoms with E-state index in [1.165, 1.54) is 4.90 Å². The van der Waals surface area contributed by atoms with Crippen molar-refractivity contribution in [2.75, 3.05) is 6.26 Å². The normalized spacial score (nSPS) is 12.3. The lowest BCUT2D eigenvalue weighted by molar-refractivity contribution is 0.367. The third-order valence-corrected chi connectivity index (χ3v) is 3.96. The summed E-state index contributed by atoms with van der Waals surface area (Å²) in [5.74, 6) is 0.981. The van der Waals surface area contributed by atoms with Gasteiger partial charge in [0.05, 0.1) is 0 Å². The molecule has 0 bridgehead atoms. The number of nitrogens with two attached hydrogens (primary N) is 1. The first-order chi connectivity index (χ1) is 10.3. The first-order valence-electron chi connectivity index (χ1n) is 6.56. The van der Waals surface area contributed by atoms with Crippen LogP contribution < -0.4 is 5.73 Å². The fraction of sp³-hybridized carbons (Fsp3) is 0.125. The average molecular weight is 297 g/mol. The van der Waals surface area contributed by atoms with Gasteiger partial charge in [0.1, 0.15) is 6.04 Å². The lowest BCUT2D eigenvalue weighted by atomic mass is 10.1. The lowest BCUT2D eigenvalue weighted by Gasteiger charge is -2.05. The molecule has 106 valence electrons. The standard InChI is InChI=1S/C16H15N3OS/c1-21-13-9-7-12(8-10-13)15-18-16(20-19-15)14(17)11-5-3-2-4-6-11/h2-10,14H,17H2,1H3/t14-/m1/s1. The molecule has 0 unspecified atom stereocenters. The van der Waals surface area contributed by atoms with Crippen LogP contribution in [0.15, 0.2) is 64.0 Å². The maximum atomic E-state index is 6.15. The minimum absolute atomic E-state index is 0.405. The van der Waals surface area contributed by atoms with Crippen molar-refractivity contribution in [1.29, 1.82) is 0 Å². The molecular formula is C16H15N3OS. The topological polar surface area (TPSA) is 64.9 Å². The van der Waals surface area contributed by atoms with E-state index in [0.29, 0.717) is 11.7 Å². The molecule has 0 saturated carbocycles. The second-order valence-electron chi connectivity index (χ2n) is 4.57. The summed E-state index contributed by atoms with van der Waals surface area (Å²) in [5, 5.41) is 4.02. The molecule has 1 atom stereocenters. The van der Waals surface area contributed by atoms with Crippen molar-refractivity contribution in [3.63, 3.8) is 0 Å². The Kier molecular flexibility index (Phi) is 4.03. The summed E-state index contributed by atoms with van der Waals surface area (Å²) in [5.41, 5.74) is 8.02. The minimum Gasteiger partial charge on any atom is -0.337 e. The molecule has 0 saturated heterocycles. The van der Waals surface area contributed by atoms with Gasteiger partial charge >= 0.3 is 0 Å². The molecule has 0 fully saturated rings. The number of aromatic nitrogens is 2. The summed E-state index contributed by atoms with van der Waals surface area (Å²) in [6.45, 7) is 0. The lowest BCUT2D eigenvalue weighted by Crippen LogP contribution is -2.11. The molecule has 0 spiro atoms. The van der Waals surface area contributed by atoms with Gasteiger partial charge in [-0.3, -0.25) is 0 Å². The predicted molar refractivity (Wildman–Crippen MR) is 84.0 cm³/mol. The Morgan fingerprint density at radius 1 is 1.05 bits per heavy atom. The Bertz CT molecular complexity index is 710. The predicted octanol–water partition coefficient (Wildman–Crippen LogP) is 3.51. The highest BCUT2D eigenvalue weighted by Gasteiger charge is 2.17. The fourth-order valence-corrected chi connectivity index (χ4v) is 2.43. The van der Waals surface area contributed by atoms with Gasteiger partial charge in [-0.25, -0.2) is 0 Å². The van der Waals surface area contributed by atoms with Gasteiger partial charge in [-0.15, -0.1) is 11.8 Å². The van der Waals surface area contributed by atoms with E-state index < -0.39 is 6.04 Å². The first-order valence-corrected chi connectivity index (χ1v) is 7.79.